The average molecular weight is 635 g/mol. The van der Waals surface area contributed by atoms with Gasteiger partial charge in [0.05, 0.1) is 16.1 Å². The lowest BCUT2D eigenvalue weighted by atomic mass is 9.83. The number of hydrogen-bond acceptors (Lipinski definition) is 0. The maximum Gasteiger partial charge on any atom is 0.0866 e. The average Bonchev–Trinajstić information content (AvgIpc) is 3.10. The fourth-order valence-electron chi connectivity index (χ4n) is 13.6. The molecule has 0 saturated heterocycles. The Bertz CT molecular complexity index is 851. The van der Waals surface area contributed by atoms with Crippen molar-refractivity contribution in [2.24, 2.45) is 11.8 Å². The largest absolute Gasteiger partial charge is 0.0976 e. The second kappa shape index (κ2) is 16.3. The van der Waals surface area contributed by atoms with E-state index in [-0.39, 0.29) is 0 Å². The van der Waals surface area contributed by atoms with E-state index in [1.165, 1.54) is 51.4 Å². The van der Waals surface area contributed by atoms with Gasteiger partial charge in [0.2, 0.25) is 0 Å². The van der Waals surface area contributed by atoms with Crippen LogP contribution in [-0.2, 0) is 0 Å². The van der Waals surface area contributed by atoms with Crippen molar-refractivity contribution in [3.05, 3.63) is 23.6 Å². The summed E-state index contributed by atoms with van der Waals surface area (Å²) in [6, 6.07) is 0. The third kappa shape index (κ3) is 7.32. The molecule has 0 radical (unpaired) electrons. The Labute approximate surface area is 277 Å². The molecule has 0 heterocycles. The molecule has 250 valence electrons. The van der Waals surface area contributed by atoms with E-state index < -0.39 is 16.1 Å². The molecule has 6 rings (SSSR count). The Kier molecular flexibility index (Phi) is 12.6. The SMILES string of the molecule is CC=C[Si](C1CCCCC1)(C1CCCCC1)C1CCC([Si](C=CC2CCCC(C)C2)(C2CCCCC2)C2CCCCC2)CC1. The lowest BCUT2D eigenvalue weighted by molar-refractivity contribution is 0.325. The normalized spacial score (nSPS) is 33.8. The molecule has 0 nitrogen and oxygen atoms in total. The van der Waals surface area contributed by atoms with Gasteiger partial charge < -0.3 is 0 Å². The highest BCUT2D eigenvalue weighted by atomic mass is 28.3. The van der Waals surface area contributed by atoms with Crippen LogP contribution in [-0.4, -0.2) is 16.1 Å². The molecule has 0 amide bonds. The third-order valence-corrected chi connectivity index (χ3v) is 29.1. The summed E-state index contributed by atoms with van der Waals surface area (Å²) in [6.45, 7) is 4.97. The van der Waals surface area contributed by atoms with E-state index in [2.05, 4.69) is 37.4 Å². The second-order valence-corrected chi connectivity index (χ2v) is 27.3. The third-order valence-electron chi connectivity index (χ3n) is 15.5. The fraction of sp³-hybridized carbons (Fsp3) is 0.905. The number of hydrogen-bond donors (Lipinski definition) is 0. The molecule has 6 aliphatic rings. The van der Waals surface area contributed by atoms with Crippen molar-refractivity contribution in [2.75, 3.05) is 0 Å². The van der Waals surface area contributed by atoms with Crippen molar-refractivity contribution in [1.29, 1.82) is 0 Å². The molecule has 6 aliphatic carbocycles. The van der Waals surface area contributed by atoms with E-state index in [4.69, 9.17) is 0 Å². The summed E-state index contributed by atoms with van der Waals surface area (Å²) in [6.07, 6.45) is 49.4. The first kappa shape index (κ1) is 33.8. The minimum Gasteiger partial charge on any atom is -0.0976 e. The van der Waals surface area contributed by atoms with Crippen LogP contribution in [0, 0.1) is 11.8 Å². The highest BCUT2D eigenvalue weighted by molar-refractivity contribution is 6.89. The Hall–Kier alpha value is -0.0862. The van der Waals surface area contributed by atoms with Gasteiger partial charge in [-0.15, -0.1) is 0 Å². The summed E-state index contributed by atoms with van der Waals surface area (Å²) in [5.74, 6) is 1.86. The monoisotopic (exact) mass is 635 g/mol. The zero-order valence-electron chi connectivity index (χ0n) is 29.7. The summed E-state index contributed by atoms with van der Waals surface area (Å²) in [7, 11) is -3.07. The number of allylic oxidation sites excluding steroid dienone is 2. The molecule has 0 spiro atoms. The summed E-state index contributed by atoms with van der Waals surface area (Å²) >= 11 is 0. The van der Waals surface area contributed by atoms with Gasteiger partial charge in [-0.2, -0.15) is 0 Å². The first-order chi connectivity index (χ1) is 21.7. The molecular formula is C42H74Si2. The highest BCUT2D eigenvalue weighted by Gasteiger charge is 2.55. The van der Waals surface area contributed by atoms with Crippen LogP contribution in [0.25, 0.3) is 0 Å². The standard InChI is InChI=1S/C42H74Si2/c1-3-32-43(37-19-8-4-9-20-37,38-21-10-5-11-22-38)41-27-29-42(30-28-41)44(39-23-12-6-13-24-39,40-25-14-7-15-26-40)33-31-36-18-16-17-35(2)34-36/h3,31-33,35-42H,4-30,34H2,1-2H3. The van der Waals surface area contributed by atoms with Crippen LogP contribution >= 0.6 is 0 Å². The molecule has 2 atom stereocenters. The van der Waals surface area contributed by atoms with Crippen LogP contribution in [0.5, 0.6) is 0 Å². The van der Waals surface area contributed by atoms with Gasteiger partial charge in [0.15, 0.2) is 0 Å². The second-order valence-electron chi connectivity index (χ2n) is 17.8. The summed E-state index contributed by atoms with van der Waals surface area (Å²) in [5.41, 5.74) is 12.9. The van der Waals surface area contributed by atoms with Crippen molar-refractivity contribution in [1.82, 2.24) is 0 Å². The summed E-state index contributed by atoms with van der Waals surface area (Å²) in [4.78, 5) is 0. The molecule has 0 aromatic carbocycles. The molecule has 44 heavy (non-hydrogen) atoms. The van der Waals surface area contributed by atoms with E-state index >= 15 is 0 Å². The van der Waals surface area contributed by atoms with Crippen molar-refractivity contribution in [3.63, 3.8) is 0 Å². The van der Waals surface area contributed by atoms with Crippen LogP contribution in [0.2, 0.25) is 33.2 Å². The zero-order valence-corrected chi connectivity index (χ0v) is 31.7. The van der Waals surface area contributed by atoms with Crippen molar-refractivity contribution in [2.45, 2.75) is 227 Å². The van der Waals surface area contributed by atoms with E-state index in [9.17, 15) is 0 Å². The van der Waals surface area contributed by atoms with Crippen LogP contribution < -0.4 is 0 Å². The molecular weight excluding hydrogens is 561 g/mol. The smallest absolute Gasteiger partial charge is 0.0866 e. The van der Waals surface area contributed by atoms with Gasteiger partial charge in [0.25, 0.3) is 0 Å². The lowest BCUT2D eigenvalue weighted by Gasteiger charge is -2.56. The lowest BCUT2D eigenvalue weighted by Crippen LogP contribution is -2.53. The van der Waals surface area contributed by atoms with Gasteiger partial charge in [-0.05, 0) is 64.8 Å². The predicted molar refractivity (Wildman–Crippen MR) is 200 cm³/mol. The van der Waals surface area contributed by atoms with E-state index in [1.54, 1.807) is 128 Å². The Morgan fingerprint density at radius 3 is 1.11 bits per heavy atom. The van der Waals surface area contributed by atoms with Crippen LogP contribution in [0.15, 0.2) is 23.6 Å². The van der Waals surface area contributed by atoms with E-state index in [0.29, 0.717) is 0 Å². The predicted octanol–water partition coefficient (Wildman–Crippen LogP) is 14.6. The fourth-order valence-corrected chi connectivity index (χ4v) is 28.7. The van der Waals surface area contributed by atoms with Gasteiger partial charge in [0, 0.05) is 0 Å². The van der Waals surface area contributed by atoms with Gasteiger partial charge >= 0.3 is 0 Å². The molecule has 0 bridgehead atoms. The molecule has 2 unspecified atom stereocenters. The zero-order chi connectivity index (χ0) is 30.2. The Morgan fingerprint density at radius 1 is 0.386 bits per heavy atom. The maximum absolute atomic E-state index is 3.20. The Morgan fingerprint density at radius 2 is 0.750 bits per heavy atom. The van der Waals surface area contributed by atoms with Crippen LogP contribution in [0.3, 0.4) is 0 Å². The molecule has 2 heteroatoms. The van der Waals surface area contributed by atoms with Crippen molar-refractivity contribution < 1.29 is 0 Å². The van der Waals surface area contributed by atoms with Gasteiger partial charge in [0.1, 0.15) is 0 Å². The van der Waals surface area contributed by atoms with Gasteiger partial charge in [-0.3, -0.25) is 0 Å². The van der Waals surface area contributed by atoms with Crippen molar-refractivity contribution in [3.8, 4) is 0 Å². The van der Waals surface area contributed by atoms with Crippen LogP contribution in [0.1, 0.15) is 194 Å². The molecule has 0 aromatic heterocycles. The highest BCUT2D eigenvalue weighted by Crippen LogP contribution is 2.63. The molecule has 6 fully saturated rings. The quantitative estimate of drug-likeness (QED) is 0.221. The Balaban J connectivity index is 1.31. The van der Waals surface area contributed by atoms with Gasteiger partial charge in [-0.1, -0.05) is 197 Å². The first-order valence-electron chi connectivity index (χ1n) is 21.0. The molecule has 0 aliphatic heterocycles. The number of rotatable bonds is 9. The topological polar surface area (TPSA) is 0 Å². The molecule has 6 saturated carbocycles. The minimum atomic E-state index is -1.57. The van der Waals surface area contributed by atoms with Crippen LogP contribution in [0.4, 0.5) is 0 Å². The first-order valence-corrected chi connectivity index (χ1v) is 25.6. The van der Waals surface area contributed by atoms with Gasteiger partial charge in [-0.25, -0.2) is 0 Å². The minimum absolute atomic E-state index is 0.904. The summed E-state index contributed by atoms with van der Waals surface area (Å²) < 4.78 is 0. The maximum atomic E-state index is 3.20. The van der Waals surface area contributed by atoms with Crippen molar-refractivity contribution >= 4 is 16.1 Å². The summed E-state index contributed by atoms with van der Waals surface area (Å²) in [5, 5.41) is 0. The molecule has 0 aromatic rings. The molecule has 0 N–H and O–H groups in total. The van der Waals surface area contributed by atoms with E-state index in [0.717, 1.165) is 45.1 Å². The van der Waals surface area contributed by atoms with E-state index in [1.807, 2.05) is 0 Å².